The van der Waals surface area contributed by atoms with Crippen molar-refractivity contribution in [3.8, 4) is 0 Å². The van der Waals surface area contributed by atoms with Crippen LogP contribution < -0.4 is 5.32 Å². The molecule has 3 aliphatic rings. The average Bonchev–Trinajstić information content (AvgIpc) is 3.28. The van der Waals surface area contributed by atoms with E-state index in [0.717, 1.165) is 35.7 Å². The van der Waals surface area contributed by atoms with Crippen LogP contribution >= 0.6 is 0 Å². The molecule has 5 nitrogen and oxygen atoms in total. The van der Waals surface area contributed by atoms with Crippen LogP contribution in [0.15, 0.2) is 12.7 Å². The van der Waals surface area contributed by atoms with Crippen molar-refractivity contribution < 1.29 is 19.1 Å². The Labute approximate surface area is 176 Å². The van der Waals surface area contributed by atoms with Crippen molar-refractivity contribution in [3.63, 3.8) is 0 Å². The van der Waals surface area contributed by atoms with Gasteiger partial charge in [0.15, 0.2) is 0 Å². The summed E-state index contributed by atoms with van der Waals surface area (Å²) in [6.45, 7) is 8.73. The maximum absolute atomic E-state index is 12.0. The van der Waals surface area contributed by atoms with Gasteiger partial charge in [-0.1, -0.05) is 46.1 Å². The summed E-state index contributed by atoms with van der Waals surface area (Å²) in [6, 6.07) is 0. The Morgan fingerprint density at radius 1 is 1.14 bits per heavy atom. The Hall–Kier alpha value is -1.52. The summed E-state index contributed by atoms with van der Waals surface area (Å²) in [5, 5.41) is 2.95. The maximum atomic E-state index is 12.0. The predicted molar refractivity (Wildman–Crippen MR) is 113 cm³/mol. The topological polar surface area (TPSA) is 64.6 Å². The number of fused-ring (bicyclic) bond motifs is 5. The standard InChI is InChI=1S/C24H39NO4/c1-4-6-7-8-17-13-18-14-20(17)21-15-24(3,10-9-19(18)21)16-25-23(27)29-12-11-28-22(26)5-2/h5,17-21H,2,4,6-16H2,1,3H3,(H,25,27). The number of carbonyl (C=O) groups excluding carboxylic acids is 2. The van der Waals surface area contributed by atoms with E-state index in [1.165, 1.54) is 57.8 Å². The molecule has 0 aromatic heterocycles. The van der Waals surface area contributed by atoms with E-state index in [-0.39, 0.29) is 18.6 Å². The SMILES string of the molecule is C=CC(=O)OCCOC(=O)NCC1(C)CCC2C3CC(CCCCC)C(C3)C2C1. The Kier molecular flexibility index (Phi) is 7.64. The summed E-state index contributed by atoms with van der Waals surface area (Å²) in [5.74, 6) is 4.13. The molecular formula is C24H39NO4. The van der Waals surface area contributed by atoms with Crippen molar-refractivity contribution in [1.82, 2.24) is 5.32 Å². The summed E-state index contributed by atoms with van der Waals surface area (Å²) in [5.41, 5.74) is 0.161. The van der Waals surface area contributed by atoms with Gasteiger partial charge in [0.25, 0.3) is 0 Å². The highest BCUT2D eigenvalue weighted by atomic mass is 16.6. The molecule has 3 rings (SSSR count). The van der Waals surface area contributed by atoms with Crippen LogP contribution in [0, 0.1) is 35.0 Å². The molecular weight excluding hydrogens is 366 g/mol. The highest BCUT2D eigenvalue weighted by Crippen LogP contribution is 2.63. The van der Waals surface area contributed by atoms with Gasteiger partial charge >= 0.3 is 12.1 Å². The zero-order valence-corrected chi connectivity index (χ0v) is 18.3. The molecule has 1 N–H and O–H groups in total. The number of nitrogens with one attached hydrogen (secondary N) is 1. The maximum Gasteiger partial charge on any atom is 0.407 e. The first kappa shape index (κ1) is 22.2. The molecule has 0 radical (unpaired) electrons. The number of esters is 1. The molecule has 1 amide bonds. The molecule has 3 aliphatic carbocycles. The molecule has 0 spiro atoms. The fraction of sp³-hybridized carbons (Fsp3) is 0.833. The summed E-state index contributed by atoms with van der Waals surface area (Å²) >= 11 is 0. The van der Waals surface area contributed by atoms with Crippen molar-refractivity contribution in [1.29, 1.82) is 0 Å². The quantitative estimate of drug-likeness (QED) is 0.312. The molecule has 0 heterocycles. The predicted octanol–water partition coefficient (Wildman–Crippen LogP) is 5.10. The van der Waals surface area contributed by atoms with Crippen LogP contribution in [0.4, 0.5) is 4.79 Å². The van der Waals surface area contributed by atoms with E-state index < -0.39 is 12.1 Å². The Morgan fingerprint density at radius 2 is 1.93 bits per heavy atom. The highest BCUT2D eigenvalue weighted by molar-refractivity contribution is 5.81. The first-order valence-corrected chi connectivity index (χ1v) is 11.7. The normalized spacial score (nSPS) is 35.0. The Morgan fingerprint density at radius 3 is 2.69 bits per heavy atom. The molecule has 29 heavy (non-hydrogen) atoms. The van der Waals surface area contributed by atoms with E-state index >= 15 is 0 Å². The third-order valence-electron chi connectivity index (χ3n) is 7.87. The van der Waals surface area contributed by atoms with Crippen LogP contribution in [0.25, 0.3) is 0 Å². The number of hydrogen-bond acceptors (Lipinski definition) is 4. The van der Waals surface area contributed by atoms with Crippen LogP contribution in [-0.4, -0.2) is 31.8 Å². The van der Waals surface area contributed by atoms with E-state index in [4.69, 9.17) is 9.47 Å². The molecule has 2 bridgehead atoms. The first-order chi connectivity index (χ1) is 14.0. The number of ether oxygens (including phenoxy) is 2. The van der Waals surface area contributed by atoms with Gasteiger partial charge < -0.3 is 14.8 Å². The molecule has 3 saturated carbocycles. The minimum absolute atomic E-state index is 0.0573. The van der Waals surface area contributed by atoms with Crippen LogP contribution in [0.2, 0.25) is 0 Å². The second-order valence-electron chi connectivity index (χ2n) is 9.89. The fourth-order valence-electron chi connectivity index (χ4n) is 6.50. The minimum Gasteiger partial charge on any atom is -0.459 e. The number of hydrogen-bond donors (Lipinski definition) is 1. The minimum atomic E-state index is -0.503. The number of carbonyl (C=O) groups is 2. The molecule has 6 unspecified atom stereocenters. The summed E-state index contributed by atoms with van der Waals surface area (Å²) in [6.07, 6.45) is 12.9. The van der Waals surface area contributed by atoms with Gasteiger partial charge in [0.05, 0.1) is 0 Å². The van der Waals surface area contributed by atoms with Gasteiger partial charge in [-0.2, -0.15) is 0 Å². The molecule has 5 heteroatoms. The van der Waals surface area contributed by atoms with Gasteiger partial charge in [0.2, 0.25) is 0 Å². The van der Waals surface area contributed by atoms with E-state index in [0.29, 0.717) is 6.54 Å². The largest absolute Gasteiger partial charge is 0.459 e. The van der Waals surface area contributed by atoms with Gasteiger partial charge in [-0.15, -0.1) is 0 Å². The second-order valence-corrected chi connectivity index (χ2v) is 9.89. The van der Waals surface area contributed by atoms with Crippen molar-refractivity contribution in [2.45, 2.75) is 71.6 Å². The lowest BCUT2D eigenvalue weighted by Crippen LogP contribution is -2.44. The van der Waals surface area contributed by atoms with Gasteiger partial charge in [-0.25, -0.2) is 9.59 Å². The second kappa shape index (κ2) is 9.99. The molecule has 0 aliphatic heterocycles. The van der Waals surface area contributed by atoms with Crippen molar-refractivity contribution >= 4 is 12.1 Å². The lowest BCUT2D eigenvalue weighted by molar-refractivity contribution is -0.138. The number of alkyl carbamates (subject to hydrolysis) is 1. The fourth-order valence-corrected chi connectivity index (χ4v) is 6.50. The average molecular weight is 406 g/mol. The van der Waals surface area contributed by atoms with Crippen molar-refractivity contribution in [2.75, 3.05) is 19.8 Å². The Balaban J connectivity index is 1.41. The third-order valence-corrected chi connectivity index (χ3v) is 7.87. The number of unbranched alkanes of at least 4 members (excludes halogenated alkanes) is 2. The molecule has 6 atom stereocenters. The van der Waals surface area contributed by atoms with E-state index in [9.17, 15) is 9.59 Å². The first-order valence-electron chi connectivity index (χ1n) is 11.7. The lowest BCUT2D eigenvalue weighted by atomic mass is 9.59. The highest BCUT2D eigenvalue weighted by Gasteiger charge is 2.55. The number of amides is 1. The van der Waals surface area contributed by atoms with E-state index in [2.05, 4.69) is 25.7 Å². The zero-order chi connectivity index (χ0) is 20.9. The monoisotopic (exact) mass is 405 g/mol. The molecule has 0 aromatic rings. The summed E-state index contributed by atoms with van der Waals surface area (Å²) < 4.78 is 9.93. The summed E-state index contributed by atoms with van der Waals surface area (Å²) in [4.78, 5) is 23.0. The van der Waals surface area contributed by atoms with E-state index in [1.807, 2.05) is 0 Å². The Bertz CT molecular complexity index is 591. The smallest absolute Gasteiger partial charge is 0.407 e. The third kappa shape index (κ3) is 5.55. The van der Waals surface area contributed by atoms with Crippen molar-refractivity contribution in [3.05, 3.63) is 12.7 Å². The van der Waals surface area contributed by atoms with Gasteiger partial charge in [-0.05, 0) is 67.1 Å². The van der Waals surface area contributed by atoms with Gasteiger partial charge in [-0.3, -0.25) is 0 Å². The van der Waals surface area contributed by atoms with Crippen molar-refractivity contribution in [2.24, 2.45) is 35.0 Å². The molecule has 0 saturated heterocycles. The molecule has 164 valence electrons. The lowest BCUT2D eigenvalue weighted by Gasteiger charge is -2.46. The summed E-state index contributed by atoms with van der Waals surface area (Å²) in [7, 11) is 0. The number of rotatable bonds is 10. The van der Waals surface area contributed by atoms with Gasteiger partial charge in [0, 0.05) is 12.6 Å². The van der Waals surface area contributed by atoms with Crippen LogP contribution in [-0.2, 0) is 14.3 Å². The van der Waals surface area contributed by atoms with Crippen LogP contribution in [0.1, 0.15) is 71.6 Å². The van der Waals surface area contributed by atoms with Crippen LogP contribution in [0.5, 0.6) is 0 Å². The van der Waals surface area contributed by atoms with Gasteiger partial charge in [0.1, 0.15) is 13.2 Å². The molecule has 3 fully saturated rings. The van der Waals surface area contributed by atoms with E-state index in [1.54, 1.807) is 0 Å². The molecule has 0 aromatic carbocycles. The van der Waals surface area contributed by atoms with Crippen LogP contribution in [0.3, 0.4) is 0 Å². The zero-order valence-electron chi connectivity index (χ0n) is 18.3.